The van der Waals surface area contributed by atoms with Crippen molar-refractivity contribution in [1.29, 1.82) is 0 Å². The molecule has 2 aromatic rings. The molecule has 4 nitrogen and oxygen atoms in total. The lowest BCUT2D eigenvalue weighted by atomic mass is 10.2. The van der Waals surface area contributed by atoms with Crippen LogP contribution in [-0.4, -0.2) is 29.3 Å². The summed E-state index contributed by atoms with van der Waals surface area (Å²) in [7, 11) is 0. The lowest BCUT2D eigenvalue weighted by Crippen LogP contribution is -2.33. The number of amides is 2. The molecule has 0 aromatic heterocycles. The van der Waals surface area contributed by atoms with Crippen molar-refractivity contribution in [2.75, 3.05) is 6.54 Å². The van der Waals surface area contributed by atoms with Crippen LogP contribution >= 0.6 is 0 Å². The van der Waals surface area contributed by atoms with E-state index in [1.165, 1.54) is 5.56 Å². The second kappa shape index (κ2) is 8.47. The molecule has 1 N–H and O–H groups in total. The molecule has 3 rings (SSSR count). The van der Waals surface area contributed by atoms with Gasteiger partial charge in [0, 0.05) is 31.1 Å². The number of carbonyl (C=O) groups excluding carboxylic acids is 2. The summed E-state index contributed by atoms with van der Waals surface area (Å²) >= 11 is 0. The average Bonchev–Trinajstić information content (AvgIpc) is 3.49. The summed E-state index contributed by atoms with van der Waals surface area (Å²) in [5.41, 5.74) is 1.82. The van der Waals surface area contributed by atoms with Gasteiger partial charge in [0.1, 0.15) is 0 Å². The predicted octanol–water partition coefficient (Wildman–Crippen LogP) is 3.39. The minimum absolute atomic E-state index is 0.0867. The van der Waals surface area contributed by atoms with E-state index in [1.54, 1.807) is 12.1 Å². The highest BCUT2D eigenvalue weighted by molar-refractivity contribution is 5.94. The van der Waals surface area contributed by atoms with E-state index >= 15 is 0 Å². The highest BCUT2D eigenvalue weighted by Gasteiger charge is 2.32. The van der Waals surface area contributed by atoms with Gasteiger partial charge in [-0.05, 0) is 37.0 Å². The lowest BCUT2D eigenvalue weighted by molar-refractivity contribution is -0.132. The van der Waals surface area contributed by atoms with Gasteiger partial charge in [-0.25, -0.2) is 0 Å². The summed E-state index contributed by atoms with van der Waals surface area (Å²) in [5, 5.41) is 2.88. The number of nitrogens with one attached hydrogen (secondary N) is 1. The van der Waals surface area contributed by atoms with Crippen LogP contribution in [0, 0.1) is 0 Å². The molecule has 0 atom stereocenters. The van der Waals surface area contributed by atoms with Gasteiger partial charge in [-0.2, -0.15) is 0 Å². The topological polar surface area (TPSA) is 49.4 Å². The Morgan fingerprint density at radius 3 is 2.24 bits per heavy atom. The number of hydrogen-bond acceptors (Lipinski definition) is 2. The van der Waals surface area contributed by atoms with Crippen LogP contribution in [0.15, 0.2) is 60.7 Å². The first-order chi connectivity index (χ1) is 12.2. The minimum Gasteiger partial charge on any atom is -0.352 e. The van der Waals surface area contributed by atoms with Crippen LogP contribution in [0.5, 0.6) is 0 Å². The van der Waals surface area contributed by atoms with Crippen LogP contribution in [0.25, 0.3) is 0 Å². The van der Waals surface area contributed by atoms with Gasteiger partial charge in [-0.15, -0.1) is 0 Å². The number of nitrogens with zero attached hydrogens (tertiary/aromatic N) is 1. The average molecular weight is 336 g/mol. The van der Waals surface area contributed by atoms with Crippen LogP contribution in [0.4, 0.5) is 0 Å². The van der Waals surface area contributed by atoms with Gasteiger partial charge in [0.25, 0.3) is 5.91 Å². The fourth-order valence-corrected chi connectivity index (χ4v) is 2.86. The molecule has 1 aliphatic rings. The Hall–Kier alpha value is -2.62. The SMILES string of the molecule is O=C(NCCCC(=O)N(Cc1ccccc1)C1CC1)c1ccccc1. The molecule has 0 bridgehead atoms. The van der Waals surface area contributed by atoms with E-state index in [4.69, 9.17) is 0 Å². The molecule has 0 aliphatic heterocycles. The smallest absolute Gasteiger partial charge is 0.251 e. The van der Waals surface area contributed by atoms with Crippen molar-refractivity contribution < 1.29 is 9.59 Å². The fraction of sp³-hybridized carbons (Fsp3) is 0.333. The minimum atomic E-state index is -0.0867. The zero-order valence-corrected chi connectivity index (χ0v) is 14.4. The summed E-state index contributed by atoms with van der Waals surface area (Å²) in [6.45, 7) is 1.20. The van der Waals surface area contributed by atoms with Gasteiger partial charge in [0.05, 0.1) is 0 Å². The number of rotatable bonds is 8. The maximum Gasteiger partial charge on any atom is 0.251 e. The Balaban J connectivity index is 1.43. The number of hydrogen-bond donors (Lipinski definition) is 1. The maximum absolute atomic E-state index is 12.6. The summed E-state index contributed by atoms with van der Waals surface area (Å²) in [5.74, 6) is 0.0942. The lowest BCUT2D eigenvalue weighted by Gasteiger charge is -2.22. The van der Waals surface area contributed by atoms with Crippen LogP contribution in [0.3, 0.4) is 0 Å². The molecule has 4 heteroatoms. The summed E-state index contributed by atoms with van der Waals surface area (Å²) in [4.78, 5) is 26.5. The van der Waals surface area contributed by atoms with Crippen molar-refractivity contribution in [1.82, 2.24) is 10.2 Å². The molecule has 2 amide bonds. The highest BCUT2D eigenvalue weighted by atomic mass is 16.2. The Morgan fingerprint density at radius 1 is 0.960 bits per heavy atom. The van der Waals surface area contributed by atoms with Crippen molar-refractivity contribution in [2.45, 2.75) is 38.3 Å². The van der Waals surface area contributed by atoms with Crippen LogP contribution in [0.1, 0.15) is 41.6 Å². The third kappa shape index (κ3) is 5.18. The van der Waals surface area contributed by atoms with Gasteiger partial charge < -0.3 is 10.2 Å². The first kappa shape index (κ1) is 17.2. The number of benzene rings is 2. The first-order valence-corrected chi connectivity index (χ1v) is 8.90. The molecule has 1 fully saturated rings. The third-order valence-electron chi connectivity index (χ3n) is 4.39. The molecule has 0 heterocycles. The van der Waals surface area contributed by atoms with Crippen molar-refractivity contribution >= 4 is 11.8 Å². The molecule has 25 heavy (non-hydrogen) atoms. The van der Waals surface area contributed by atoms with Gasteiger partial charge in [0.15, 0.2) is 0 Å². The third-order valence-corrected chi connectivity index (χ3v) is 4.39. The van der Waals surface area contributed by atoms with E-state index in [2.05, 4.69) is 17.4 Å². The largest absolute Gasteiger partial charge is 0.352 e. The molecule has 0 unspecified atom stereocenters. The summed E-state index contributed by atoms with van der Waals surface area (Å²) < 4.78 is 0. The Kier molecular flexibility index (Phi) is 5.83. The Labute approximate surface area is 148 Å². The molecule has 130 valence electrons. The van der Waals surface area contributed by atoms with Crippen molar-refractivity contribution in [3.8, 4) is 0 Å². The molecule has 0 saturated heterocycles. The van der Waals surface area contributed by atoms with Gasteiger partial charge in [0.2, 0.25) is 5.91 Å². The van der Waals surface area contributed by atoms with E-state index in [9.17, 15) is 9.59 Å². The monoisotopic (exact) mass is 336 g/mol. The van der Waals surface area contributed by atoms with Crippen molar-refractivity contribution in [3.63, 3.8) is 0 Å². The van der Waals surface area contributed by atoms with Gasteiger partial charge in [-0.3, -0.25) is 9.59 Å². The zero-order chi connectivity index (χ0) is 17.5. The summed E-state index contributed by atoms with van der Waals surface area (Å²) in [6.07, 6.45) is 3.33. The molecule has 0 radical (unpaired) electrons. The number of carbonyl (C=O) groups is 2. The van der Waals surface area contributed by atoms with E-state index in [1.807, 2.05) is 41.3 Å². The predicted molar refractivity (Wildman–Crippen MR) is 98.0 cm³/mol. The maximum atomic E-state index is 12.6. The molecule has 1 saturated carbocycles. The summed E-state index contributed by atoms with van der Waals surface area (Å²) in [6, 6.07) is 19.7. The normalized spacial score (nSPS) is 13.3. The zero-order valence-electron chi connectivity index (χ0n) is 14.4. The second-order valence-electron chi connectivity index (χ2n) is 6.46. The van der Waals surface area contributed by atoms with Gasteiger partial charge >= 0.3 is 0 Å². The fourth-order valence-electron chi connectivity index (χ4n) is 2.86. The Bertz CT molecular complexity index is 696. The first-order valence-electron chi connectivity index (χ1n) is 8.90. The molecular formula is C21H24N2O2. The quantitative estimate of drug-likeness (QED) is 0.751. The second-order valence-corrected chi connectivity index (χ2v) is 6.46. The molecule has 0 spiro atoms. The van der Waals surface area contributed by atoms with E-state index in [0.29, 0.717) is 37.5 Å². The van der Waals surface area contributed by atoms with E-state index in [0.717, 1.165) is 12.8 Å². The standard InChI is InChI=1S/C21H24N2O2/c24-20(12-7-15-22-21(25)18-10-5-2-6-11-18)23(19-13-14-19)16-17-8-3-1-4-9-17/h1-6,8-11,19H,7,12-16H2,(H,22,25). The molecule has 2 aromatic carbocycles. The molecular weight excluding hydrogens is 312 g/mol. The van der Waals surface area contributed by atoms with Crippen molar-refractivity contribution in [3.05, 3.63) is 71.8 Å². The Morgan fingerprint density at radius 2 is 1.60 bits per heavy atom. The van der Waals surface area contributed by atoms with Gasteiger partial charge in [-0.1, -0.05) is 48.5 Å². The van der Waals surface area contributed by atoms with Crippen LogP contribution in [-0.2, 0) is 11.3 Å². The van der Waals surface area contributed by atoms with E-state index < -0.39 is 0 Å². The van der Waals surface area contributed by atoms with Crippen LogP contribution in [0.2, 0.25) is 0 Å². The highest BCUT2D eigenvalue weighted by Crippen LogP contribution is 2.29. The van der Waals surface area contributed by atoms with E-state index in [-0.39, 0.29) is 11.8 Å². The van der Waals surface area contributed by atoms with Crippen molar-refractivity contribution in [2.24, 2.45) is 0 Å². The van der Waals surface area contributed by atoms with Crippen LogP contribution < -0.4 is 5.32 Å². The molecule has 1 aliphatic carbocycles.